The van der Waals surface area contributed by atoms with Crippen LogP contribution in [0, 0.1) is 17.0 Å². The zero-order chi connectivity index (χ0) is 15.1. The van der Waals surface area contributed by atoms with Crippen molar-refractivity contribution in [1.82, 2.24) is 4.98 Å². The first-order valence-electron chi connectivity index (χ1n) is 6.50. The molecule has 3 rings (SSSR count). The van der Waals surface area contributed by atoms with Crippen molar-refractivity contribution in [1.29, 1.82) is 0 Å². The number of carbonyl (C=O) groups is 1. The fraction of sp³-hybridized carbons (Fsp3) is 0.286. The number of hydrogen-bond donors (Lipinski definition) is 0. The highest BCUT2D eigenvalue weighted by molar-refractivity contribution is 7.12. The van der Waals surface area contributed by atoms with Gasteiger partial charge in [-0.2, -0.15) is 0 Å². The molecule has 1 aromatic heterocycles. The summed E-state index contributed by atoms with van der Waals surface area (Å²) in [6.45, 7) is 3.75. The van der Waals surface area contributed by atoms with E-state index >= 15 is 0 Å². The maximum atomic E-state index is 12.7. The monoisotopic (exact) mass is 303 g/mol. The average molecular weight is 303 g/mol. The van der Waals surface area contributed by atoms with Crippen LogP contribution in [-0.2, 0) is 6.42 Å². The molecule has 2 heterocycles. The number of fused-ring (bicyclic) bond motifs is 1. The van der Waals surface area contributed by atoms with Crippen molar-refractivity contribution in [2.24, 2.45) is 0 Å². The van der Waals surface area contributed by atoms with Crippen LogP contribution in [0.2, 0.25) is 0 Å². The third kappa shape index (κ3) is 2.19. The molecular weight excluding hydrogens is 290 g/mol. The smallest absolute Gasteiger partial charge is 0.270 e. The second-order valence-electron chi connectivity index (χ2n) is 5.07. The number of anilines is 1. The fourth-order valence-corrected chi connectivity index (χ4v) is 3.40. The summed E-state index contributed by atoms with van der Waals surface area (Å²) in [5.74, 6) is -0.0879. The lowest BCUT2D eigenvalue weighted by Crippen LogP contribution is -2.35. The summed E-state index contributed by atoms with van der Waals surface area (Å²) in [5, 5.41) is 10.8. The second-order valence-corrected chi connectivity index (χ2v) is 5.92. The predicted octanol–water partition coefficient (Wildman–Crippen LogP) is 2.95. The Labute approximate surface area is 125 Å². The third-order valence-electron chi connectivity index (χ3n) is 3.65. The summed E-state index contributed by atoms with van der Waals surface area (Å²) in [5.41, 5.74) is 4.02. The number of aromatic nitrogens is 1. The zero-order valence-electron chi connectivity index (χ0n) is 11.6. The summed E-state index contributed by atoms with van der Waals surface area (Å²) < 4.78 is 0. The van der Waals surface area contributed by atoms with E-state index in [-0.39, 0.29) is 17.6 Å². The van der Waals surface area contributed by atoms with Crippen molar-refractivity contribution in [3.05, 3.63) is 50.0 Å². The molecule has 1 aromatic carbocycles. The molecule has 108 valence electrons. The van der Waals surface area contributed by atoms with Gasteiger partial charge in [-0.3, -0.25) is 14.9 Å². The molecule has 0 radical (unpaired) electrons. The SMILES string of the molecule is Cc1ncsc1C(=O)N1c2ccc([N+](=O)[O-])cc2C[C@H]1C. The molecule has 0 bridgehead atoms. The first kappa shape index (κ1) is 13.7. The van der Waals surface area contributed by atoms with Gasteiger partial charge < -0.3 is 4.90 Å². The molecule has 6 nitrogen and oxygen atoms in total. The van der Waals surface area contributed by atoms with Crippen LogP contribution in [0.25, 0.3) is 0 Å². The maximum Gasteiger partial charge on any atom is 0.270 e. The van der Waals surface area contributed by atoms with E-state index in [1.54, 1.807) is 29.5 Å². The number of rotatable bonds is 2. The minimum Gasteiger partial charge on any atom is -0.304 e. The van der Waals surface area contributed by atoms with E-state index in [1.165, 1.54) is 17.4 Å². The van der Waals surface area contributed by atoms with Gasteiger partial charge in [-0.05, 0) is 31.9 Å². The number of amides is 1. The number of non-ortho nitro benzene ring substituents is 1. The molecule has 1 aliphatic rings. The lowest BCUT2D eigenvalue weighted by Gasteiger charge is -2.22. The Morgan fingerprint density at radius 2 is 2.29 bits per heavy atom. The molecule has 0 N–H and O–H groups in total. The second kappa shape index (κ2) is 4.92. The quantitative estimate of drug-likeness (QED) is 0.631. The Balaban J connectivity index is 2.01. The Morgan fingerprint density at radius 1 is 1.52 bits per heavy atom. The van der Waals surface area contributed by atoms with Crippen molar-refractivity contribution in [2.75, 3.05) is 4.90 Å². The summed E-state index contributed by atoms with van der Waals surface area (Å²) in [6.07, 6.45) is 0.626. The van der Waals surface area contributed by atoms with Gasteiger partial charge in [0.05, 0.1) is 16.1 Å². The topological polar surface area (TPSA) is 76.3 Å². The van der Waals surface area contributed by atoms with Gasteiger partial charge in [0.25, 0.3) is 11.6 Å². The number of nitro benzene ring substituents is 1. The van der Waals surface area contributed by atoms with Crippen molar-refractivity contribution >= 4 is 28.6 Å². The number of nitrogens with zero attached hydrogens (tertiary/aromatic N) is 3. The van der Waals surface area contributed by atoms with Gasteiger partial charge in [-0.25, -0.2) is 4.98 Å². The molecule has 7 heteroatoms. The first-order chi connectivity index (χ1) is 9.99. The minimum atomic E-state index is -0.414. The van der Waals surface area contributed by atoms with Crippen LogP contribution in [0.4, 0.5) is 11.4 Å². The largest absolute Gasteiger partial charge is 0.304 e. The first-order valence-corrected chi connectivity index (χ1v) is 7.38. The van der Waals surface area contributed by atoms with Gasteiger partial charge in [0, 0.05) is 23.9 Å². The molecule has 0 saturated carbocycles. The molecule has 0 spiro atoms. The van der Waals surface area contributed by atoms with E-state index < -0.39 is 4.92 Å². The van der Waals surface area contributed by atoms with Crippen LogP contribution in [0.3, 0.4) is 0 Å². The number of nitro groups is 1. The fourth-order valence-electron chi connectivity index (χ4n) is 2.66. The van der Waals surface area contributed by atoms with Crippen LogP contribution in [0.5, 0.6) is 0 Å². The van der Waals surface area contributed by atoms with Crippen molar-refractivity contribution in [2.45, 2.75) is 26.3 Å². The number of benzene rings is 1. The van der Waals surface area contributed by atoms with Crippen molar-refractivity contribution < 1.29 is 9.72 Å². The van der Waals surface area contributed by atoms with Gasteiger partial charge in [-0.1, -0.05) is 0 Å². The van der Waals surface area contributed by atoms with Crippen LogP contribution < -0.4 is 4.90 Å². The summed E-state index contributed by atoms with van der Waals surface area (Å²) in [6, 6.07) is 4.64. The van der Waals surface area contributed by atoms with Gasteiger partial charge in [0.15, 0.2) is 0 Å². The predicted molar refractivity (Wildman–Crippen MR) is 79.9 cm³/mol. The van der Waals surface area contributed by atoms with E-state index in [9.17, 15) is 14.9 Å². The molecule has 0 unspecified atom stereocenters. The molecule has 21 heavy (non-hydrogen) atoms. The molecule has 0 aliphatic carbocycles. The standard InChI is InChI=1S/C14H13N3O3S/c1-8-5-10-6-11(17(19)20)3-4-12(10)16(8)14(18)13-9(2)15-7-21-13/h3-4,6-8H,5H2,1-2H3/t8-/m1/s1. The van der Waals surface area contributed by atoms with Crippen LogP contribution >= 0.6 is 11.3 Å². The summed E-state index contributed by atoms with van der Waals surface area (Å²) in [7, 11) is 0. The maximum absolute atomic E-state index is 12.7. The van der Waals surface area contributed by atoms with E-state index in [1.807, 2.05) is 6.92 Å². The normalized spacial score (nSPS) is 16.9. The lowest BCUT2D eigenvalue weighted by atomic mass is 10.1. The summed E-state index contributed by atoms with van der Waals surface area (Å²) in [4.78, 5) is 29.6. The van der Waals surface area contributed by atoms with Crippen LogP contribution in [0.15, 0.2) is 23.7 Å². The molecule has 2 aromatic rings. The number of thiazole rings is 1. The Kier molecular flexibility index (Phi) is 3.21. The Hall–Kier alpha value is -2.28. The van der Waals surface area contributed by atoms with Gasteiger partial charge in [0.1, 0.15) is 4.88 Å². The zero-order valence-corrected chi connectivity index (χ0v) is 12.4. The molecule has 1 amide bonds. The van der Waals surface area contributed by atoms with Crippen LogP contribution in [0.1, 0.15) is 27.9 Å². The third-order valence-corrected chi connectivity index (χ3v) is 4.56. The number of aryl methyl sites for hydroxylation is 1. The number of hydrogen-bond acceptors (Lipinski definition) is 5. The van der Waals surface area contributed by atoms with Crippen molar-refractivity contribution in [3.63, 3.8) is 0 Å². The lowest BCUT2D eigenvalue weighted by molar-refractivity contribution is -0.384. The molecule has 0 saturated heterocycles. The van der Waals surface area contributed by atoms with E-state index in [2.05, 4.69) is 4.98 Å². The highest BCUT2D eigenvalue weighted by atomic mass is 32.1. The molecule has 0 fully saturated rings. The highest BCUT2D eigenvalue weighted by Crippen LogP contribution is 2.36. The van der Waals surface area contributed by atoms with Gasteiger partial charge >= 0.3 is 0 Å². The van der Waals surface area contributed by atoms with E-state index in [0.717, 1.165) is 11.3 Å². The van der Waals surface area contributed by atoms with Crippen LogP contribution in [-0.4, -0.2) is 21.9 Å². The van der Waals surface area contributed by atoms with E-state index in [4.69, 9.17) is 0 Å². The Bertz CT molecular complexity index is 741. The van der Waals surface area contributed by atoms with E-state index in [0.29, 0.717) is 17.0 Å². The van der Waals surface area contributed by atoms with Gasteiger partial charge in [-0.15, -0.1) is 11.3 Å². The molecule has 1 aliphatic heterocycles. The van der Waals surface area contributed by atoms with Gasteiger partial charge in [0.2, 0.25) is 0 Å². The average Bonchev–Trinajstić information content (AvgIpc) is 2.99. The Morgan fingerprint density at radius 3 is 2.90 bits per heavy atom. The molecule has 1 atom stereocenters. The summed E-state index contributed by atoms with van der Waals surface area (Å²) >= 11 is 1.32. The molecular formula is C14H13N3O3S. The highest BCUT2D eigenvalue weighted by Gasteiger charge is 2.33. The van der Waals surface area contributed by atoms with Crippen molar-refractivity contribution in [3.8, 4) is 0 Å². The minimum absolute atomic E-state index is 0.0176. The number of carbonyl (C=O) groups excluding carboxylic acids is 1.